The normalized spacial score (nSPS) is 41.7. The van der Waals surface area contributed by atoms with Gasteiger partial charge in [0, 0.05) is 6.42 Å². The maximum Gasteiger partial charge on any atom is 0.131 e. The first-order valence-corrected chi connectivity index (χ1v) is 3.30. The molecule has 3 atom stereocenters. The predicted molar refractivity (Wildman–Crippen MR) is 32.3 cm³/mol. The van der Waals surface area contributed by atoms with Gasteiger partial charge >= 0.3 is 0 Å². The van der Waals surface area contributed by atoms with Gasteiger partial charge < -0.3 is 14.9 Å². The molecule has 0 bridgehead atoms. The highest BCUT2D eigenvalue weighted by Crippen LogP contribution is 2.16. The van der Waals surface area contributed by atoms with Crippen molar-refractivity contribution < 1.29 is 19.3 Å². The van der Waals surface area contributed by atoms with Gasteiger partial charge in [-0.2, -0.15) is 0 Å². The molecule has 0 aromatic rings. The molecule has 3 nitrogen and oxygen atoms in total. The van der Waals surface area contributed by atoms with Crippen LogP contribution in [0.15, 0.2) is 0 Å². The molecule has 0 spiro atoms. The summed E-state index contributed by atoms with van der Waals surface area (Å²) < 4.78 is 17.4. The molecule has 1 rings (SSSR count). The lowest BCUT2D eigenvalue weighted by molar-refractivity contribution is -0.127. The van der Waals surface area contributed by atoms with Gasteiger partial charge in [-0.05, 0) is 0 Å². The fourth-order valence-electron chi connectivity index (χ4n) is 0.995. The number of halogens is 1. The van der Waals surface area contributed by atoms with Crippen molar-refractivity contribution >= 4 is 0 Å². The Labute approximate surface area is 58.4 Å². The highest BCUT2D eigenvalue weighted by atomic mass is 19.1. The van der Waals surface area contributed by atoms with E-state index in [1.165, 1.54) is 0 Å². The molecule has 1 aliphatic heterocycles. The summed E-state index contributed by atoms with van der Waals surface area (Å²) in [6.45, 7) is -0.0367. The summed E-state index contributed by atoms with van der Waals surface area (Å²) in [6, 6.07) is 0. The molecular weight excluding hydrogens is 139 g/mol. The zero-order chi connectivity index (χ0) is 7.56. The zero-order valence-electron chi connectivity index (χ0n) is 5.53. The molecule has 1 aliphatic rings. The van der Waals surface area contributed by atoms with Crippen molar-refractivity contribution in [2.75, 3.05) is 13.2 Å². The summed E-state index contributed by atoms with van der Waals surface area (Å²) >= 11 is 0. The van der Waals surface area contributed by atoms with Crippen LogP contribution >= 0.6 is 0 Å². The Morgan fingerprint density at radius 1 is 1.60 bits per heavy atom. The Kier molecular flexibility index (Phi) is 2.59. The van der Waals surface area contributed by atoms with E-state index in [4.69, 9.17) is 14.9 Å². The molecule has 10 heavy (non-hydrogen) atoms. The van der Waals surface area contributed by atoms with E-state index in [0.29, 0.717) is 0 Å². The van der Waals surface area contributed by atoms with Crippen LogP contribution in [0.1, 0.15) is 6.42 Å². The summed E-state index contributed by atoms with van der Waals surface area (Å²) in [6.07, 6.45) is -2.91. The van der Waals surface area contributed by atoms with Crippen LogP contribution in [0.3, 0.4) is 0 Å². The van der Waals surface area contributed by atoms with Crippen LogP contribution in [0, 0.1) is 0 Å². The van der Waals surface area contributed by atoms with Crippen LogP contribution in [0.2, 0.25) is 0 Å². The first kappa shape index (κ1) is 7.91. The average Bonchev–Trinajstić information content (AvgIpc) is 1.95. The molecule has 3 unspecified atom stereocenters. The molecule has 1 saturated heterocycles. The van der Waals surface area contributed by atoms with Crippen LogP contribution in [-0.2, 0) is 4.74 Å². The predicted octanol–water partition coefficient (Wildman–Crippen LogP) is -0.533. The topological polar surface area (TPSA) is 49.7 Å². The Hall–Kier alpha value is -0.190. The van der Waals surface area contributed by atoms with Crippen molar-refractivity contribution in [3.05, 3.63) is 0 Å². The molecule has 1 heterocycles. The van der Waals surface area contributed by atoms with Gasteiger partial charge in [-0.3, -0.25) is 0 Å². The lowest BCUT2D eigenvalue weighted by Gasteiger charge is -2.29. The second-order valence-corrected chi connectivity index (χ2v) is 2.39. The maximum atomic E-state index is 12.6. The Bertz CT molecular complexity index is 109. The molecular formula is C6H11FO3. The molecule has 0 saturated carbocycles. The molecule has 0 amide bonds. The van der Waals surface area contributed by atoms with Crippen LogP contribution < -0.4 is 0 Å². The number of hydrogen-bond acceptors (Lipinski definition) is 3. The summed E-state index contributed by atoms with van der Waals surface area (Å²) in [5, 5.41) is 17.5. The van der Waals surface area contributed by atoms with E-state index < -0.39 is 18.4 Å². The van der Waals surface area contributed by atoms with Gasteiger partial charge in [-0.1, -0.05) is 0 Å². The fourth-order valence-corrected chi connectivity index (χ4v) is 0.995. The highest BCUT2D eigenvalue weighted by Gasteiger charge is 2.31. The second-order valence-electron chi connectivity index (χ2n) is 2.39. The third-order valence-corrected chi connectivity index (χ3v) is 1.66. The van der Waals surface area contributed by atoms with Crippen LogP contribution in [-0.4, -0.2) is 41.8 Å². The average molecular weight is 150 g/mol. The Balaban J connectivity index is 2.42. The van der Waals surface area contributed by atoms with Gasteiger partial charge in [0.15, 0.2) is 0 Å². The lowest BCUT2D eigenvalue weighted by Crippen LogP contribution is -2.44. The summed E-state index contributed by atoms with van der Waals surface area (Å²) in [5.74, 6) is 0. The van der Waals surface area contributed by atoms with E-state index in [1.807, 2.05) is 0 Å². The van der Waals surface area contributed by atoms with E-state index in [0.717, 1.165) is 0 Å². The van der Waals surface area contributed by atoms with Gasteiger partial charge in [0.2, 0.25) is 0 Å². The molecule has 60 valence electrons. The number of hydrogen-bond donors (Lipinski definition) is 2. The minimum Gasteiger partial charge on any atom is -0.394 e. The van der Waals surface area contributed by atoms with E-state index in [9.17, 15) is 4.39 Å². The molecule has 2 N–H and O–H groups in total. The molecule has 0 aliphatic carbocycles. The van der Waals surface area contributed by atoms with Crippen molar-refractivity contribution in [1.29, 1.82) is 0 Å². The molecule has 4 heteroatoms. The van der Waals surface area contributed by atoms with E-state index in [2.05, 4.69) is 0 Å². The quantitative estimate of drug-likeness (QED) is 0.528. The van der Waals surface area contributed by atoms with Gasteiger partial charge in [-0.25, -0.2) is 4.39 Å². The fraction of sp³-hybridized carbons (Fsp3) is 1.00. The molecule has 1 fully saturated rings. The maximum absolute atomic E-state index is 12.6. The van der Waals surface area contributed by atoms with Crippen molar-refractivity contribution in [3.8, 4) is 0 Å². The van der Waals surface area contributed by atoms with E-state index >= 15 is 0 Å². The number of rotatable bonds is 1. The molecule has 0 aromatic heterocycles. The zero-order valence-corrected chi connectivity index (χ0v) is 5.53. The van der Waals surface area contributed by atoms with Gasteiger partial charge in [-0.15, -0.1) is 0 Å². The van der Waals surface area contributed by atoms with Crippen LogP contribution in [0.4, 0.5) is 4.39 Å². The minimum atomic E-state index is -1.24. The monoisotopic (exact) mass is 150 g/mol. The largest absolute Gasteiger partial charge is 0.394 e. The standard InChI is InChI=1S/C6H11FO3/c7-4-1-2-10-5(3-8)6(4)9/h4-6,8-9H,1-3H2. The van der Waals surface area contributed by atoms with E-state index in [-0.39, 0.29) is 19.6 Å². The Morgan fingerprint density at radius 2 is 2.30 bits per heavy atom. The highest BCUT2D eigenvalue weighted by molar-refractivity contribution is 4.80. The number of aliphatic hydroxyl groups excluding tert-OH is 2. The van der Waals surface area contributed by atoms with Crippen LogP contribution in [0.25, 0.3) is 0 Å². The Morgan fingerprint density at radius 3 is 2.80 bits per heavy atom. The lowest BCUT2D eigenvalue weighted by atomic mass is 10.0. The first-order chi connectivity index (χ1) is 4.75. The van der Waals surface area contributed by atoms with Gasteiger partial charge in [0.05, 0.1) is 13.2 Å². The van der Waals surface area contributed by atoms with Crippen molar-refractivity contribution in [2.24, 2.45) is 0 Å². The van der Waals surface area contributed by atoms with E-state index in [1.54, 1.807) is 0 Å². The first-order valence-electron chi connectivity index (χ1n) is 3.30. The third-order valence-electron chi connectivity index (χ3n) is 1.66. The third kappa shape index (κ3) is 1.45. The summed E-state index contributed by atoms with van der Waals surface area (Å²) in [5.41, 5.74) is 0. The second kappa shape index (κ2) is 3.27. The summed E-state index contributed by atoms with van der Waals surface area (Å²) in [7, 11) is 0. The SMILES string of the molecule is OCC1OCCC(F)C1O. The van der Waals surface area contributed by atoms with Crippen molar-refractivity contribution in [1.82, 2.24) is 0 Å². The number of alkyl halides is 1. The van der Waals surface area contributed by atoms with Gasteiger partial charge in [0.1, 0.15) is 18.4 Å². The molecule has 0 aromatic carbocycles. The van der Waals surface area contributed by atoms with Gasteiger partial charge in [0.25, 0.3) is 0 Å². The van der Waals surface area contributed by atoms with Crippen molar-refractivity contribution in [3.63, 3.8) is 0 Å². The smallest absolute Gasteiger partial charge is 0.131 e. The van der Waals surface area contributed by atoms with Crippen molar-refractivity contribution in [2.45, 2.75) is 24.8 Å². The number of aliphatic hydroxyl groups is 2. The number of ether oxygens (including phenoxy) is 1. The molecule has 0 radical (unpaired) electrons. The van der Waals surface area contributed by atoms with Crippen LogP contribution in [0.5, 0.6) is 0 Å². The minimum absolute atomic E-state index is 0.220. The summed E-state index contributed by atoms with van der Waals surface area (Å²) in [4.78, 5) is 0.